The Morgan fingerprint density at radius 2 is 1.96 bits per heavy atom. The van der Waals surface area contributed by atoms with Gasteiger partial charge in [0.15, 0.2) is 0 Å². The van der Waals surface area contributed by atoms with Gasteiger partial charge in [0.1, 0.15) is 30.5 Å². The van der Waals surface area contributed by atoms with Gasteiger partial charge in [0.05, 0.1) is 17.7 Å². The number of hydrogen-bond acceptors (Lipinski definition) is 5. The quantitative estimate of drug-likeness (QED) is 0.735. The van der Waals surface area contributed by atoms with Gasteiger partial charge in [-0.1, -0.05) is 0 Å². The number of carbonyl (C=O) groups excluding carboxylic acids is 1. The second kappa shape index (κ2) is 9.63. The first kappa shape index (κ1) is 22.8. The van der Waals surface area contributed by atoms with Crippen molar-refractivity contribution in [3.8, 4) is 5.75 Å². The zero-order valence-corrected chi connectivity index (χ0v) is 15.2. The van der Waals surface area contributed by atoms with Gasteiger partial charge in [-0.15, -0.1) is 12.4 Å². The summed E-state index contributed by atoms with van der Waals surface area (Å²) in [6, 6.07) is 5.65. The highest BCUT2D eigenvalue weighted by Gasteiger charge is 2.30. The van der Waals surface area contributed by atoms with Crippen LogP contribution in [0.1, 0.15) is 21.7 Å². The number of aliphatic hydroxyl groups excluding tert-OH is 1. The van der Waals surface area contributed by atoms with Crippen molar-refractivity contribution in [3.63, 3.8) is 0 Å². The summed E-state index contributed by atoms with van der Waals surface area (Å²) in [7, 11) is 1.50. The van der Waals surface area contributed by atoms with Gasteiger partial charge in [0.25, 0.3) is 5.91 Å². The van der Waals surface area contributed by atoms with Gasteiger partial charge in [0.2, 0.25) is 0 Å². The number of ether oxygens (including phenoxy) is 1. The maximum Gasteiger partial charge on any atom is 0.416 e. The average Bonchev–Trinajstić information content (AvgIpc) is 3.08. The van der Waals surface area contributed by atoms with Crippen molar-refractivity contribution in [2.45, 2.75) is 18.8 Å². The third-order valence-corrected chi connectivity index (χ3v) is 3.56. The van der Waals surface area contributed by atoms with Crippen LogP contribution in [0.25, 0.3) is 0 Å². The highest BCUT2D eigenvalue weighted by Crippen LogP contribution is 2.30. The van der Waals surface area contributed by atoms with Crippen molar-refractivity contribution in [1.82, 2.24) is 4.90 Å². The van der Waals surface area contributed by atoms with E-state index in [0.717, 1.165) is 12.1 Å². The number of alkyl halides is 3. The summed E-state index contributed by atoms with van der Waals surface area (Å²) in [4.78, 5) is 13.5. The molecule has 27 heavy (non-hydrogen) atoms. The van der Waals surface area contributed by atoms with Crippen LogP contribution in [-0.4, -0.2) is 42.2 Å². The number of furan rings is 1. The van der Waals surface area contributed by atoms with Gasteiger partial charge in [-0.05, 0) is 30.3 Å². The monoisotopic (exact) mass is 408 g/mol. The Kier molecular flexibility index (Phi) is 8.14. The van der Waals surface area contributed by atoms with Gasteiger partial charge in [-0.2, -0.15) is 13.2 Å². The first-order chi connectivity index (χ1) is 12.2. The zero-order valence-electron chi connectivity index (χ0n) is 14.4. The number of hydrogen-bond donors (Lipinski definition) is 2. The second-order valence-electron chi connectivity index (χ2n) is 5.68. The van der Waals surface area contributed by atoms with Crippen LogP contribution < -0.4 is 10.5 Å². The number of halogens is 4. The number of amides is 1. The number of likely N-dealkylation sites (N-methyl/N-ethyl adjacent to an activating group) is 1. The highest BCUT2D eigenvalue weighted by atomic mass is 35.5. The highest BCUT2D eigenvalue weighted by molar-refractivity contribution is 5.93. The first-order valence-electron chi connectivity index (χ1n) is 7.71. The van der Waals surface area contributed by atoms with Crippen molar-refractivity contribution in [2.24, 2.45) is 5.73 Å². The molecule has 1 heterocycles. The Bertz CT molecular complexity index is 735. The molecule has 0 fully saturated rings. The van der Waals surface area contributed by atoms with E-state index in [2.05, 4.69) is 0 Å². The summed E-state index contributed by atoms with van der Waals surface area (Å²) in [5.74, 6) is 0.295. The van der Waals surface area contributed by atoms with E-state index in [1.54, 1.807) is 0 Å². The van der Waals surface area contributed by atoms with Crippen molar-refractivity contribution >= 4 is 18.3 Å². The van der Waals surface area contributed by atoms with Crippen LogP contribution in [0.2, 0.25) is 0 Å². The lowest BCUT2D eigenvalue weighted by Crippen LogP contribution is -2.36. The van der Waals surface area contributed by atoms with Gasteiger partial charge in [-0.3, -0.25) is 4.79 Å². The molecule has 1 unspecified atom stereocenters. The first-order valence-corrected chi connectivity index (χ1v) is 7.71. The minimum absolute atomic E-state index is 0. The van der Waals surface area contributed by atoms with E-state index in [4.69, 9.17) is 14.9 Å². The van der Waals surface area contributed by atoms with Crippen molar-refractivity contribution in [1.29, 1.82) is 0 Å². The average molecular weight is 409 g/mol. The van der Waals surface area contributed by atoms with Gasteiger partial charge in [0, 0.05) is 13.6 Å². The zero-order chi connectivity index (χ0) is 19.3. The fourth-order valence-corrected chi connectivity index (χ4v) is 2.20. The Balaban J connectivity index is 0.00000364. The van der Waals surface area contributed by atoms with Crippen LogP contribution in [0.4, 0.5) is 13.2 Å². The van der Waals surface area contributed by atoms with Gasteiger partial charge < -0.3 is 24.9 Å². The van der Waals surface area contributed by atoms with E-state index in [9.17, 15) is 23.1 Å². The number of rotatable bonds is 7. The molecule has 1 amide bonds. The molecule has 0 aliphatic rings. The minimum Gasteiger partial charge on any atom is -0.491 e. The van der Waals surface area contributed by atoms with Gasteiger partial charge >= 0.3 is 6.18 Å². The molecule has 2 rings (SSSR count). The van der Waals surface area contributed by atoms with E-state index in [-0.39, 0.29) is 43.8 Å². The standard InChI is InChI=1S/C17H19F3N2O4.ClH/c1-22(16(24)11-6-15(7-21)25-9-11)8-13(23)10-26-14-4-2-12(3-5-14)17(18,19)20;/h2-6,9,13,23H,7-8,10,21H2,1H3;1H. The number of nitrogens with two attached hydrogens (primary N) is 1. The summed E-state index contributed by atoms with van der Waals surface area (Å²) >= 11 is 0. The topological polar surface area (TPSA) is 88.9 Å². The predicted molar refractivity (Wildman–Crippen MR) is 93.8 cm³/mol. The SMILES string of the molecule is CN(CC(O)COc1ccc(C(F)(F)F)cc1)C(=O)c1coc(CN)c1.Cl. The summed E-state index contributed by atoms with van der Waals surface area (Å²) in [6.07, 6.45) is -4.16. The largest absolute Gasteiger partial charge is 0.491 e. The van der Waals surface area contributed by atoms with E-state index >= 15 is 0 Å². The van der Waals surface area contributed by atoms with E-state index in [1.807, 2.05) is 0 Å². The van der Waals surface area contributed by atoms with Crippen LogP contribution in [0.3, 0.4) is 0 Å². The lowest BCUT2D eigenvalue weighted by Gasteiger charge is -2.20. The van der Waals surface area contributed by atoms with Crippen LogP contribution in [0, 0.1) is 0 Å². The normalized spacial score (nSPS) is 12.2. The summed E-state index contributed by atoms with van der Waals surface area (Å²) < 4.78 is 47.8. The molecule has 0 radical (unpaired) electrons. The molecule has 0 saturated carbocycles. The third-order valence-electron chi connectivity index (χ3n) is 3.56. The molecule has 2 aromatic rings. The maximum atomic E-state index is 12.5. The predicted octanol–water partition coefficient (Wildman–Crippen LogP) is 2.69. The molecule has 1 atom stereocenters. The number of benzene rings is 1. The van der Waals surface area contributed by atoms with Crippen LogP contribution >= 0.6 is 12.4 Å². The molecule has 6 nitrogen and oxygen atoms in total. The van der Waals surface area contributed by atoms with Gasteiger partial charge in [-0.25, -0.2) is 0 Å². The molecule has 0 aliphatic heterocycles. The fraction of sp³-hybridized carbons (Fsp3) is 0.353. The molecular weight excluding hydrogens is 389 g/mol. The lowest BCUT2D eigenvalue weighted by molar-refractivity contribution is -0.137. The van der Waals surface area contributed by atoms with Crippen molar-refractivity contribution in [2.75, 3.05) is 20.2 Å². The van der Waals surface area contributed by atoms with E-state index < -0.39 is 17.8 Å². The van der Waals surface area contributed by atoms with Crippen molar-refractivity contribution < 1.29 is 32.2 Å². The summed E-state index contributed by atoms with van der Waals surface area (Å²) in [6.45, 7) is -0.0361. The Morgan fingerprint density at radius 1 is 1.33 bits per heavy atom. The lowest BCUT2D eigenvalue weighted by atomic mass is 10.2. The number of aliphatic hydroxyl groups is 1. The molecule has 3 N–H and O–H groups in total. The third kappa shape index (κ3) is 6.46. The van der Waals surface area contributed by atoms with Crippen LogP contribution in [0.5, 0.6) is 5.75 Å². The molecule has 1 aromatic heterocycles. The fourth-order valence-electron chi connectivity index (χ4n) is 2.20. The van der Waals surface area contributed by atoms with Crippen LogP contribution in [0.15, 0.2) is 41.0 Å². The smallest absolute Gasteiger partial charge is 0.416 e. The molecule has 0 bridgehead atoms. The maximum absolute atomic E-state index is 12.5. The Labute approximate surface area is 160 Å². The van der Waals surface area contributed by atoms with E-state index in [0.29, 0.717) is 11.3 Å². The van der Waals surface area contributed by atoms with E-state index in [1.165, 1.54) is 36.4 Å². The molecule has 1 aromatic carbocycles. The summed E-state index contributed by atoms with van der Waals surface area (Å²) in [5.41, 5.74) is 4.94. The number of carbonyl (C=O) groups is 1. The van der Waals surface area contributed by atoms with Crippen molar-refractivity contribution in [3.05, 3.63) is 53.5 Å². The minimum atomic E-state index is -4.42. The Hall–Kier alpha value is -2.23. The molecule has 10 heteroatoms. The molecule has 0 saturated heterocycles. The molecular formula is C17H20ClF3N2O4. The van der Waals surface area contributed by atoms with Crippen LogP contribution in [-0.2, 0) is 12.7 Å². The Morgan fingerprint density at radius 3 is 2.48 bits per heavy atom. The summed E-state index contributed by atoms with van der Waals surface area (Å²) in [5, 5.41) is 9.97. The molecule has 150 valence electrons. The molecule has 0 spiro atoms. The second-order valence-corrected chi connectivity index (χ2v) is 5.68. The molecule has 0 aliphatic carbocycles. The number of nitrogens with zero attached hydrogens (tertiary/aromatic N) is 1.